The van der Waals surface area contributed by atoms with Gasteiger partial charge in [0.1, 0.15) is 0 Å². The van der Waals surface area contributed by atoms with Crippen LogP contribution in [0.15, 0.2) is 24.3 Å². The molecule has 4 rings (SSSR count). The van der Waals surface area contributed by atoms with Crippen LogP contribution in [0, 0.1) is 10.1 Å². The molecule has 3 heterocycles. The predicted molar refractivity (Wildman–Crippen MR) is 89.4 cm³/mol. The summed E-state index contributed by atoms with van der Waals surface area (Å²) in [5.41, 5.74) is 0.284. The Morgan fingerprint density at radius 2 is 1.69 bits per heavy atom. The monoisotopic (exact) mass is 361 g/mol. The third-order valence-electron chi connectivity index (χ3n) is 5.26. The minimum absolute atomic E-state index is 0.0812. The molecule has 1 unspecified atom stereocenters. The fraction of sp³-hybridized carbons (Fsp3) is 0.529. The quantitative estimate of drug-likeness (QED) is 0.451. The average Bonchev–Trinajstić information content (AvgIpc) is 3.20. The van der Waals surface area contributed by atoms with E-state index in [0.29, 0.717) is 44.8 Å². The molecule has 3 aliphatic rings. The van der Waals surface area contributed by atoms with Crippen LogP contribution in [0.1, 0.15) is 19.3 Å². The van der Waals surface area contributed by atoms with E-state index in [1.165, 1.54) is 24.3 Å². The van der Waals surface area contributed by atoms with E-state index in [2.05, 4.69) is 0 Å². The first kappa shape index (κ1) is 17.1. The molecular formula is C17H19N3O6. The van der Waals surface area contributed by atoms with Crippen LogP contribution in [0.3, 0.4) is 0 Å². The summed E-state index contributed by atoms with van der Waals surface area (Å²) in [6.07, 6.45) is 1.45. The van der Waals surface area contributed by atoms with Crippen LogP contribution >= 0.6 is 0 Å². The SMILES string of the molecule is O=C1CC(N2CCC3(CC2)OCCO3)C(=O)N1c1ccc([N+](=O)[O-])cc1. The van der Waals surface area contributed by atoms with Gasteiger partial charge in [-0.05, 0) is 12.1 Å². The van der Waals surface area contributed by atoms with Crippen molar-refractivity contribution in [3.05, 3.63) is 34.4 Å². The van der Waals surface area contributed by atoms with Gasteiger partial charge < -0.3 is 9.47 Å². The number of ether oxygens (including phenoxy) is 2. The number of benzene rings is 1. The number of anilines is 1. The highest BCUT2D eigenvalue weighted by Crippen LogP contribution is 2.34. The number of imide groups is 1. The van der Waals surface area contributed by atoms with Crippen LogP contribution in [0.2, 0.25) is 0 Å². The molecule has 0 saturated carbocycles. The first-order chi connectivity index (χ1) is 12.5. The van der Waals surface area contributed by atoms with Crippen molar-refractivity contribution in [1.29, 1.82) is 0 Å². The fourth-order valence-electron chi connectivity index (χ4n) is 3.86. The van der Waals surface area contributed by atoms with E-state index in [-0.39, 0.29) is 23.9 Å². The average molecular weight is 361 g/mol. The number of piperidine rings is 1. The second-order valence-corrected chi connectivity index (χ2v) is 6.70. The molecule has 0 aromatic heterocycles. The summed E-state index contributed by atoms with van der Waals surface area (Å²) in [4.78, 5) is 38.6. The second-order valence-electron chi connectivity index (χ2n) is 6.70. The molecule has 138 valence electrons. The van der Waals surface area contributed by atoms with E-state index in [4.69, 9.17) is 9.47 Å². The number of hydrogen-bond donors (Lipinski definition) is 0. The summed E-state index contributed by atoms with van der Waals surface area (Å²) < 4.78 is 11.4. The molecule has 1 aromatic rings. The van der Waals surface area contributed by atoms with E-state index >= 15 is 0 Å². The van der Waals surface area contributed by atoms with Crippen molar-refractivity contribution in [3.63, 3.8) is 0 Å². The second kappa shape index (κ2) is 6.42. The van der Waals surface area contributed by atoms with Crippen LogP contribution in [0.25, 0.3) is 0 Å². The highest BCUT2D eigenvalue weighted by Gasteiger charge is 2.47. The molecule has 0 bridgehead atoms. The Morgan fingerprint density at radius 3 is 2.27 bits per heavy atom. The molecule has 1 spiro atoms. The Labute approximate surface area is 149 Å². The first-order valence-corrected chi connectivity index (χ1v) is 8.62. The lowest BCUT2D eigenvalue weighted by atomic mass is 10.0. The van der Waals surface area contributed by atoms with Crippen LogP contribution in [-0.2, 0) is 19.1 Å². The van der Waals surface area contributed by atoms with Crippen molar-refractivity contribution in [2.75, 3.05) is 31.2 Å². The molecule has 0 radical (unpaired) electrons. The Bertz CT molecular complexity index is 733. The van der Waals surface area contributed by atoms with Gasteiger partial charge in [-0.2, -0.15) is 0 Å². The Morgan fingerprint density at radius 1 is 1.08 bits per heavy atom. The number of nitro groups is 1. The molecule has 2 amide bonds. The van der Waals surface area contributed by atoms with Gasteiger partial charge in [0.2, 0.25) is 5.91 Å². The third kappa shape index (κ3) is 2.87. The van der Waals surface area contributed by atoms with Crippen LogP contribution in [0.4, 0.5) is 11.4 Å². The van der Waals surface area contributed by atoms with E-state index in [0.717, 1.165) is 4.90 Å². The van der Waals surface area contributed by atoms with E-state index < -0.39 is 16.8 Å². The maximum atomic E-state index is 12.8. The summed E-state index contributed by atoms with van der Waals surface area (Å²) in [5, 5.41) is 10.8. The first-order valence-electron chi connectivity index (χ1n) is 8.62. The molecule has 1 aromatic carbocycles. The summed E-state index contributed by atoms with van der Waals surface area (Å²) >= 11 is 0. The highest BCUT2D eigenvalue weighted by molar-refractivity contribution is 6.22. The molecule has 9 nitrogen and oxygen atoms in total. The number of nitrogens with zero attached hydrogens (tertiary/aromatic N) is 3. The molecule has 3 saturated heterocycles. The maximum Gasteiger partial charge on any atom is 0.269 e. The lowest BCUT2D eigenvalue weighted by Crippen LogP contribution is -2.51. The Hall–Kier alpha value is -2.36. The van der Waals surface area contributed by atoms with Crippen molar-refractivity contribution >= 4 is 23.2 Å². The van der Waals surface area contributed by atoms with Crippen molar-refractivity contribution in [3.8, 4) is 0 Å². The zero-order valence-corrected chi connectivity index (χ0v) is 14.1. The van der Waals surface area contributed by atoms with E-state index in [9.17, 15) is 19.7 Å². The van der Waals surface area contributed by atoms with Gasteiger partial charge in [0.15, 0.2) is 5.79 Å². The Balaban J connectivity index is 1.46. The zero-order valence-electron chi connectivity index (χ0n) is 14.1. The number of rotatable bonds is 3. The Kier molecular flexibility index (Phi) is 4.22. The molecule has 3 fully saturated rings. The molecule has 0 aliphatic carbocycles. The largest absolute Gasteiger partial charge is 0.347 e. The molecule has 0 N–H and O–H groups in total. The lowest BCUT2D eigenvalue weighted by molar-refractivity contribution is -0.384. The predicted octanol–water partition coefficient (Wildman–Crippen LogP) is 1.07. The van der Waals surface area contributed by atoms with Gasteiger partial charge in [0.25, 0.3) is 11.6 Å². The van der Waals surface area contributed by atoms with Gasteiger partial charge >= 0.3 is 0 Å². The minimum atomic E-state index is -0.528. The summed E-state index contributed by atoms with van der Waals surface area (Å²) in [5.74, 6) is -1.10. The summed E-state index contributed by atoms with van der Waals surface area (Å²) in [7, 11) is 0. The van der Waals surface area contributed by atoms with E-state index in [1.54, 1.807) is 0 Å². The van der Waals surface area contributed by atoms with Crippen LogP contribution in [-0.4, -0.2) is 59.8 Å². The van der Waals surface area contributed by atoms with Crippen molar-refractivity contribution in [2.45, 2.75) is 31.1 Å². The van der Waals surface area contributed by atoms with Gasteiger partial charge in [-0.3, -0.25) is 24.6 Å². The normalized spacial score (nSPS) is 26.0. The molecule has 26 heavy (non-hydrogen) atoms. The number of carbonyl (C=O) groups excluding carboxylic acids is 2. The minimum Gasteiger partial charge on any atom is -0.347 e. The van der Waals surface area contributed by atoms with E-state index in [1.807, 2.05) is 4.90 Å². The third-order valence-corrected chi connectivity index (χ3v) is 5.26. The maximum absolute atomic E-state index is 12.8. The van der Waals surface area contributed by atoms with Crippen molar-refractivity contribution in [2.24, 2.45) is 0 Å². The zero-order chi connectivity index (χ0) is 18.3. The number of non-ortho nitro benzene ring substituents is 1. The number of amides is 2. The summed E-state index contributed by atoms with van der Waals surface area (Å²) in [6, 6.07) is 4.95. The van der Waals surface area contributed by atoms with Gasteiger partial charge in [-0.15, -0.1) is 0 Å². The van der Waals surface area contributed by atoms with Gasteiger partial charge in [0.05, 0.1) is 36.3 Å². The molecule has 9 heteroatoms. The summed E-state index contributed by atoms with van der Waals surface area (Å²) in [6.45, 7) is 2.43. The standard InChI is InChI=1S/C17H19N3O6/c21-15-11-14(18-7-5-17(6-8-18)25-9-10-26-17)16(22)19(15)12-1-3-13(4-2-12)20(23)24/h1-4,14H,5-11H2. The molecule has 3 aliphatic heterocycles. The molecule has 1 atom stereocenters. The highest BCUT2D eigenvalue weighted by atomic mass is 16.7. The smallest absolute Gasteiger partial charge is 0.269 e. The van der Waals surface area contributed by atoms with Crippen molar-refractivity contribution in [1.82, 2.24) is 4.90 Å². The number of hydrogen-bond acceptors (Lipinski definition) is 7. The number of nitro benzene ring substituents is 1. The van der Waals surface area contributed by atoms with Crippen LogP contribution in [0.5, 0.6) is 0 Å². The van der Waals surface area contributed by atoms with Crippen LogP contribution < -0.4 is 4.90 Å². The lowest BCUT2D eigenvalue weighted by Gasteiger charge is -2.39. The number of carbonyl (C=O) groups is 2. The van der Waals surface area contributed by atoms with Crippen molar-refractivity contribution < 1.29 is 24.0 Å². The van der Waals surface area contributed by atoms with Gasteiger partial charge in [-0.25, -0.2) is 4.90 Å². The number of likely N-dealkylation sites (tertiary alicyclic amines) is 1. The molecular weight excluding hydrogens is 342 g/mol. The van der Waals surface area contributed by atoms with Gasteiger partial charge in [0, 0.05) is 38.1 Å². The topological polar surface area (TPSA) is 102 Å². The van der Waals surface area contributed by atoms with Gasteiger partial charge in [-0.1, -0.05) is 0 Å². The fourth-order valence-corrected chi connectivity index (χ4v) is 3.86.